The maximum Gasteiger partial charge on any atom is 0.123 e. The van der Waals surface area contributed by atoms with Crippen molar-refractivity contribution in [1.82, 2.24) is 4.90 Å². The van der Waals surface area contributed by atoms with Gasteiger partial charge >= 0.3 is 0 Å². The summed E-state index contributed by atoms with van der Waals surface area (Å²) in [5, 5.41) is 10.2. The lowest BCUT2D eigenvalue weighted by Crippen LogP contribution is -2.34. The average Bonchev–Trinajstić information content (AvgIpc) is 2.59. The van der Waals surface area contributed by atoms with Crippen LogP contribution in [-0.2, 0) is 17.8 Å². The third kappa shape index (κ3) is 6.67. The van der Waals surface area contributed by atoms with Crippen molar-refractivity contribution in [3.8, 4) is 12.3 Å². The van der Waals surface area contributed by atoms with Crippen molar-refractivity contribution in [2.75, 3.05) is 19.8 Å². The quantitative estimate of drug-likeness (QED) is 0.562. The molecule has 25 heavy (non-hydrogen) atoms. The molecule has 0 radical (unpaired) electrons. The molecule has 0 amide bonds. The molecule has 0 heterocycles. The first-order valence-electron chi connectivity index (χ1n) is 8.29. The Kier molecular flexibility index (Phi) is 7.62. The van der Waals surface area contributed by atoms with E-state index in [0.717, 1.165) is 5.56 Å². The lowest BCUT2D eigenvalue weighted by molar-refractivity contribution is 0.0243. The predicted octanol–water partition coefficient (Wildman–Crippen LogP) is 3.15. The maximum absolute atomic E-state index is 13.1. The monoisotopic (exact) mass is 341 g/mol. The predicted molar refractivity (Wildman–Crippen MR) is 97.4 cm³/mol. The van der Waals surface area contributed by atoms with Crippen LogP contribution in [0.3, 0.4) is 0 Å². The van der Waals surface area contributed by atoms with Gasteiger partial charge in [-0.2, -0.15) is 0 Å². The highest BCUT2D eigenvalue weighted by Crippen LogP contribution is 2.14. The number of nitrogens with zero attached hydrogens (tertiary/aromatic N) is 1. The zero-order valence-corrected chi connectivity index (χ0v) is 14.5. The molecular formula is C21H24FNO2. The zero-order chi connectivity index (χ0) is 18.1. The zero-order valence-electron chi connectivity index (χ0n) is 14.5. The van der Waals surface area contributed by atoms with Crippen LogP contribution in [0, 0.1) is 25.1 Å². The molecule has 2 aromatic rings. The molecule has 0 aliphatic carbocycles. The second-order valence-electron chi connectivity index (χ2n) is 6.10. The number of aliphatic hydroxyl groups excluding tert-OH is 1. The van der Waals surface area contributed by atoms with E-state index in [-0.39, 0.29) is 19.0 Å². The summed E-state index contributed by atoms with van der Waals surface area (Å²) in [7, 11) is 0. The highest BCUT2D eigenvalue weighted by Gasteiger charge is 2.14. The van der Waals surface area contributed by atoms with Crippen LogP contribution in [0.25, 0.3) is 0 Å². The van der Waals surface area contributed by atoms with Crippen LogP contribution in [0.5, 0.6) is 0 Å². The number of terminal acetylenes is 1. The number of hydrogen-bond donors (Lipinski definition) is 1. The molecule has 0 saturated heterocycles. The van der Waals surface area contributed by atoms with Crippen LogP contribution < -0.4 is 0 Å². The molecule has 0 unspecified atom stereocenters. The van der Waals surface area contributed by atoms with Gasteiger partial charge in [-0.3, -0.25) is 4.90 Å². The van der Waals surface area contributed by atoms with E-state index in [4.69, 9.17) is 11.2 Å². The van der Waals surface area contributed by atoms with Gasteiger partial charge in [0.15, 0.2) is 0 Å². The summed E-state index contributed by atoms with van der Waals surface area (Å²) in [6.45, 7) is 4.19. The highest BCUT2D eigenvalue weighted by molar-refractivity contribution is 5.25. The summed E-state index contributed by atoms with van der Waals surface area (Å²) in [5.74, 6) is 2.13. The molecular weight excluding hydrogens is 317 g/mol. The molecule has 0 spiro atoms. The van der Waals surface area contributed by atoms with E-state index in [2.05, 4.69) is 29.9 Å². The Balaban J connectivity index is 2.06. The smallest absolute Gasteiger partial charge is 0.123 e. The standard InChI is InChI=1S/C21H24FNO2/c1-3-12-25-16-21(24)15-23(13-18-8-10-20(22)11-9-18)14-19-7-5-4-6-17(19)2/h1,4-11,21,24H,12-16H2,2H3/t21-/m1/s1. The van der Waals surface area contributed by atoms with Crippen molar-refractivity contribution in [2.24, 2.45) is 0 Å². The van der Waals surface area contributed by atoms with Crippen molar-refractivity contribution < 1.29 is 14.2 Å². The number of halogens is 1. The molecule has 132 valence electrons. The van der Waals surface area contributed by atoms with Crippen molar-refractivity contribution in [3.63, 3.8) is 0 Å². The van der Waals surface area contributed by atoms with Gasteiger partial charge in [0.25, 0.3) is 0 Å². The number of hydrogen-bond acceptors (Lipinski definition) is 3. The molecule has 0 aromatic heterocycles. The summed E-state index contributed by atoms with van der Waals surface area (Å²) in [4.78, 5) is 2.12. The van der Waals surface area contributed by atoms with E-state index in [0.29, 0.717) is 19.6 Å². The van der Waals surface area contributed by atoms with Gasteiger partial charge in [-0.05, 0) is 35.7 Å². The van der Waals surface area contributed by atoms with Gasteiger partial charge in [-0.1, -0.05) is 42.3 Å². The van der Waals surface area contributed by atoms with E-state index in [1.165, 1.54) is 23.3 Å². The van der Waals surface area contributed by atoms with Gasteiger partial charge in [0.2, 0.25) is 0 Å². The minimum absolute atomic E-state index is 0.187. The average molecular weight is 341 g/mol. The summed E-state index contributed by atoms with van der Waals surface area (Å²) in [6.07, 6.45) is 4.51. The first kappa shape index (κ1) is 19.1. The molecule has 4 heteroatoms. The minimum Gasteiger partial charge on any atom is -0.389 e. The van der Waals surface area contributed by atoms with E-state index in [1.807, 2.05) is 12.1 Å². The second-order valence-corrected chi connectivity index (χ2v) is 6.10. The maximum atomic E-state index is 13.1. The van der Waals surface area contributed by atoms with Crippen LogP contribution in [0.15, 0.2) is 48.5 Å². The first-order chi connectivity index (χ1) is 12.1. The topological polar surface area (TPSA) is 32.7 Å². The van der Waals surface area contributed by atoms with Crippen molar-refractivity contribution in [2.45, 2.75) is 26.1 Å². The molecule has 1 N–H and O–H groups in total. The largest absolute Gasteiger partial charge is 0.389 e. The van der Waals surface area contributed by atoms with Gasteiger partial charge in [0.05, 0.1) is 12.7 Å². The molecule has 0 fully saturated rings. The minimum atomic E-state index is -0.641. The van der Waals surface area contributed by atoms with Gasteiger partial charge in [0, 0.05) is 19.6 Å². The molecule has 2 aromatic carbocycles. The van der Waals surface area contributed by atoms with Crippen LogP contribution in [0.2, 0.25) is 0 Å². The van der Waals surface area contributed by atoms with Crippen molar-refractivity contribution in [3.05, 3.63) is 71.0 Å². The molecule has 0 saturated carbocycles. The van der Waals surface area contributed by atoms with Crippen LogP contribution in [-0.4, -0.2) is 35.9 Å². The fourth-order valence-corrected chi connectivity index (χ4v) is 2.67. The molecule has 2 rings (SSSR count). The lowest BCUT2D eigenvalue weighted by atomic mass is 10.1. The van der Waals surface area contributed by atoms with Crippen LogP contribution >= 0.6 is 0 Å². The Bertz CT molecular complexity index is 694. The van der Waals surface area contributed by atoms with Gasteiger partial charge in [-0.25, -0.2) is 4.39 Å². The number of rotatable bonds is 9. The van der Waals surface area contributed by atoms with E-state index >= 15 is 0 Å². The number of benzene rings is 2. The Hall–Kier alpha value is -2.19. The fraction of sp³-hybridized carbons (Fsp3) is 0.333. The summed E-state index contributed by atoms with van der Waals surface area (Å²) in [5.41, 5.74) is 3.39. The van der Waals surface area contributed by atoms with Gasteiger partial charge in [0.1, 0.15) is 12.4 Å². The van der Waals surface area contributed by atoms with E-state index < -0.39 is 6.10 Å². The van der Waals surface area contributed by atoms with Gasteiger partial charge in [-0.15, -0.1) is 6.42 Å². The Morgan fingerprint density at radius 2 is 1.88 bits per heavy atom. The summed E-state index contributed by atoms with van der Waals surface area (Å²) < 4.78 is 18.3. The number of ether oxygens (including phenoxy) is 1. The molecule has 3 nitrogen and oxygen atoms in total. The van der Waals surface area contributed by atoms with Crippen LogP contribution in [0.1, 0.15) is 16.7 Å². The molecule has 0 aliphatic heterocycles. The van der Waals surface area contributed by atoms with Crippen molar-refractivity contribution in [1.29, 1.82) is 0 Å². The Morgan fingerprint density at radius 3 is 2.56 bits per heavy atom. The van der Waals surface area contributed by atoms with Crippen molar-refractivity contribution >= 4 is 0 Å². The van der Waals surface area contributed by atoms with Crippen LogP contribution in [0.4, 0.5) is 4.39 Å². The molecule has 0 bridgehead atoms. The highest BCUT2D eigenvalue weighted by atomic mass is 19.1. The molecule has 0 aliphatic rings. The summed E-state index contributed by atoms with van der Waals surface area (Å²) in [6, 6.07) is 14.6. The second kappa shape index (κ2) is 9.95. The lowest BCUT2D eigenvalue weighted by Gasteiger charge is -2.26. The SMILES string of the molecule is C#CCOC[C@H](O)CN(Cc1ccc(F)cc1)Cc1ccccc1C. The van der Waals surface area contributed by atoms with E-state index in [1.54, 1.807) is 12.1 Å². The third-order valence-electron chi connectivity index (χ3n) is 3.94. The summed E-state index contributed by atoms with van der Waals surface area (Å²) >= 11 is 0. The number of aryl methyl sites for hydroxylation is 1. The normalized spacial score (nSPS) is 12.1. The number of aliphatic hydroxyl groups is 1. The van der Waals surface area contributed by atoms with E-state index in [9.17, 15) is 9.50 Å². The first-order valence-corrected chi connectivity index (χ1v) is 8.29. The fourth-order valence-electron chi connectivity index (χ4n) is 2.67. The Morgan fingerprint density at radius 1 is 1.16 bits per heavy atom. The molecule has 1 atom stereocenters. The van der Waals surface area contributed by atoms with Gasteiger partial charge < -0.3 is 9.84 Å². The third-order valence-corrected chi connectivity index (χ3v) is 3.94. The Labute approximate surface area is 149 Å².